The smallest absolute Gasteiger partial charge is 0.240 e. The Bertz CT molecular complexity index is 413. The maximum atomic E-state index is 5.98. The molecule has 0 aliphatic rings. The van der Waals surface area contributed by atoms with Gasteiger partial charge in [0.15, 0.2) is 0 Å². The van der Waals surface area contributed by atoms with Gasteiger partial charge in [0.05, 0.1) is 6.61 Å². The zero-order valence-electron chi connectivity index (χ0n) is 9.75. The van der Waals surface area contributed by atoms with Crippen LogP contribution in [0.15, 0.2) is 73.3 Å². The second kappa shape index (κ2) is 6.18. The van der Waals surface area contributed by atoms with E-state index >= 15 is 0 Å². The average molecular weight is 240 g/mol. The lowest BCUT2D eigenvalue weighted by molar-refractivity contribution is 0.383. The first kappa shape index (κ1) is 11.8. The Morgan fingerprint density at radius 2 is 1.35 bits per heavy atom. The van der Waals surface area contributed by atoms with Gasteiger partial charge in [-0.05, 0) is 10.4 Å². The summed E-state index contributed by atoms with van der Waals surface area (Å²) in [5, 5.41) is 2.61. The summed E-state index contributed by atoms with van der Waals surface area (Å²) in [6, 6.07) is 20.9. The second-order valence-electron chi connectivity index (χ2n) is 3.82. The lowest BCUT2D eigenvalue weighted by Crippen LogP contribution is -2.44. The Morgan fingerprint density at radius 3 is 1.76 bits per heavy atom. The Morgan fingerprint density at radius 1 is 0.882 bits per heavy atom. The molecule has 0 heterocycles. The summed E-state index contributed by atoms with van der Waals surface area (Å²) in [5.74, 6) is 0. The second-order valence-corrected chi connectivity index (χ2v) is 6.25. The molecule has 0 amide bonds. The van der Waals surface area contributed by atoms with Gasteiger partial charge < -0.3 is 4.43 Å². The van der Waals surface area contributed by atoms with Crippen LogP contribution in [0.25, 0.3) is 0 Å². The van der Waals surface area contributed by atoms with Gasteiger partial charge in [0.2, 0.25) is 9.04 Å². The number of hydrogen-bond acceptors (Lipinski definition) is 1. The van der Waals surface area contributed by atoms with Crippen molar-refractivity contribution < 1.29 is 4.43 Å². The van der Waals surface area contributed by atoms with Crippen LogP contribution in [0, 0.1) is 0 Å². The molecule has 2 heteroatoms. The number of rotatable bonds is 5. The molecule has 0 saturated heterocycles. The molecule has 0 aromatic heterocycles. The fraction of sp³-hybridized carbons (Fsp3) is 0.0667. The topological polar surface area (TPSA) is 9.23 Å². The van der Waals surface area contributed by atoms with Crippen LogP contribution < -0.4 is 10.4 Å². The van der Waals surface area contributed by atoms with Crippen molar-refractivity contribution in [2.75, 3.05) is 6.61 Å². The molecule has 2 aromatic rings. The van der Waals surface area contributed by atoms with E-state index < -0.39 is 9.04 Å². The molecule has 0 radical (unpaired) electrons. The first-order chi connectivity index (χ1) is 8.42. The first-order valence-corrected chi connectivity index (χ1v) is 7.37. The van der Waals surface area contributed by atoms with E-state index in [1.807, 2.05) is 18.2 Å². The third-order valence-corrected chi connectivity index (χ3v) is 5.09. The molecular formula is C15H16OSi. The molecule has 1 nitrogen and oxygen atoms in total. The monoisotopic (exact) mass is 240 g/mol. The molecule has 0 aliphatic carbocycles. The number of benzene rings is 2. The van der Waals surface area contributed by atoms with E-state index in [1.54, 1.807) is 0 Å². The van der Waals surface area contributed by atoms with Gasteiger partial charge in [0, 0.05) is 0 Å². The fourth-order valence-corrected chi connectivity index (χ4v) is 4.05. The summed E-state index contributed by atoms with van der Waals surface area (Å²) in [4.78, 5) is 0. The largest absolute Gasteiger partial charge is 0.407 e. The molecule has 2 rings (SSSR count). The van der Waals surface area contributed by atoms with Crippen molar-refractivity contribution in [3.63, 3.8) is 0 Å². The molecule has 0 unspecified atom stereocenters. The highest BCUT2D eigenvalue weighted by molar-refractivity contribution is 6.80. The van der Waals surface area contributed by atoms with Crippen LogP contribution in [0.3, 0.4) is 0 Å². The molecule has 2 aromatic carbocycles. The van der Waals surface area contributed by atoms with Crippen molar-refractivity contribution in [3.8, 4) is 0 Å². The zero-order valence-corrected chi connectivity index (χ0v) is 10.9. The highest BCUT2D eigenvalue weighted by Crippen LogP contribution is 1.94. The summed E-state index contributed by atoms with van der Waals surface area (Å²) in [7, 11) is -1.54. The minimum Gasteiger partial charge on any atom is -0.407 e. The van der Waals surface area contributed by atoms with Crippen LogP contribution in [-0.2, 0) is 4.43 Å². The fourth-order valence-electron chi connectivity index (χ4n) is 1.80. The molecular weight excluding hydrogens is 224 g/mol. The third kappa shape index (κ3) is 3.16. The normalized spacial score (nSPS) is 10.4. The molecule has 0 spiro atoms. The third-order valence-electron chi connectivity index (χ3n) is 2.59. The summed E-state index contributed by atoms with van der Waals surface area (Å²) >= 11 is 0. The maximum Gasteiger partial charge on any atom is 0.240 e. The van der Waals surface area contributed by atoms with Crippen LogP contribution in [0.2, 0.25) is 0 Å². The van der Waals surface area contributed by atoms with Crippen LogP contribution in [-0.4, -0.2) is 15.6 Å². The van der Waals surface area contributed by atoms with E-state index in [0.29, 0.717) is 6.61 Å². The molecule has 0 aliphatic heterocycles. The molecule has 86 valence electrons. The summed E-state index contributed by atoms with van der Waals surface area (Å²) in [5.41, 5.74) is 0. The minimum absolute atomic E-state index is 0.612. The lowest BCUT2D eigenvalue weighted by Gasteiger charge is -2.15. The predicted octanol–water partition coefficient (Wildman–Crippen LogP) is 1.73. The van der Waals surface area contributed by atoms with Crippen LogP contribution >= 0.6 is 0 Å². The van der Waals surface area contributed by atoms with E-state index in [2.05, 4.69) is 55.1 Å². The molecule has 0 N–H and O–H groups in total. The van der Waals surface area contributed by atoms with Crippen molar-refractivity contribution in [2.24, 2.45) is 0 Å². The van der Waals surface area contributed by atoms with E-state index in [0.717, 1.165) is 0 Å². The molecule has 0 fully saturated rings. The molecule has 0 atom stereocenters. The molecule has 0 bridgehead atoms. The van der Waals surface area contributed by atoms with E-state index in [4.69, 9.17) is 4.43 Å². The van der Waals surface area contributed by atoms with E-state index in [-0.39, 0.29) is 0 Å². The van der Waals surface area contributed by atoms with Gasteiger partial charge in [0.1, 0.15) is 0 Å². The SMILES string of the molecule is C=CCO[SiH](c1ccccc1)c1ccccc1. The summed E-state index contributed by atoms with van der Waals surface area (Å²) < 4.78 is 5.98. The van der Waals surface area contributed by atoms with Gasteiger partial charge in [-0.3, -0.25) is 0 Å². The van der Waals surface area contributed by atoms with Gasteiger partial charge in [-0.15, -0.1) is 6.58 Å². The lowest BCUT2D eigenvalue weighted by atomic mass is 10.4. The Labute approximate surface area is 104 Å². The number of hydrogen-bond donors (Lipinski definition) is 0. The quantitative estimate of drug-likeness (QED) is 0.571. The van der Waals surface area contributed by atoms with E-state index in [1.165, 1.54) is 10.4 Å². The minimum atomic E-state index is -1.54. The van der Waals surface area contributed by atoms with Gasteiger partial charge in [-0.1, -0.05) is 66.7 Å². The van der Waals surface area contributed by atoms with E-state index in [9.17, 15) is 0 Å². The highest BCUT2D eigenvalue weighted by atomic mass is 28.3. The van der Waals surface area contributed by atoms with Gasteiger partial charge >= 0.3 is 0 Å². The van der Waals surface area contributed by atoms with Crippen molar-refractivity contribution in [1.82, 2.24) is 0 Å². The van der Waals surface area contributed by atoms with Crippen molar-refractivity contribution >= 4 is 19.4 Å². The van der Waals surface area contributed by atoms with Crippen molar-refractivity contribution in [3.05, 3.63) is 73.3 Å². The Balaban J connectivity index is 2.29. The van der Waals surface area contributed by atoms with Crippen molar-refractivity contribution in [2.45, 2.75) is 0 Å². The predicted molar refractivity (Wildman–Crippen MR) is 75.5 cm³/mol. The van der Waals surface area contributed by atoms with Gasteiger partial charge in [0.25, 0.3) is 0 Å². The van der Waals surface area contributed by atoms with Crippen LogP contribution in [0.5, 0.6) is 0 Å². The summed E-state index contributed by atoms with van der Waals surface area (Å²) in [6.07, 6.45) is 1.81. The maximum absolute atomic E-state index is 5.98. The van der Waals surface area contributed by atoms with Gasteiger partial charge in [-0.2, -0.15) is 0 Å². The zero-order chi connectivity index (χ0) is 11.9. The standard InChI is InChI=1S/C15H16OSi/c1-2-13-16-17(14-9-5-3-6-10-14)15-11-7-4-8-12-15/h2-12,17H,1,13H2. The highest BCUT2D eigenvalue weighted by Gasteiger charge is 2.16. The van der Waals surface area contributed by atoms with Gasteiger partial charge in [-0.25, -0.2) is 0 Å². The summed E-state index contributed by atoms with van der Waals surface area (Å²) in [6.45, 7) is 4.33. The van der Waals surface area contributed by atoms with Crippen LogP contribution in [0.1, 0.15) is 0 Å². The Kier molecular flexibility index (Phi) is 4.30. The van der Waals surface area contributed by atoms with Crippen molar-refractivity contribution in [1.29, 1.82) is 0 Å². The molecule has 17 heavy (non-hydrogen) atoms. The Hall–Kier alpha value is -1.64. The molecule has 0 saturated carbocycles. The first-order valence-electron chi connectivity index (χ1n) is 5.74. The van der Waals surface area contributed by atoms with Crippen LogP contribution in [0.4, 0.5) is 0 Å². The average Bonchev–Trinajstić information content (AvgIpc) is 2.42.